The fraction of sp³-hybridized carbons (Fsp3) is 0.333. The van der Waals surface area contributed by atoms with Crippen LogP contribution in [0.25, 0.3) is 0 Å². The fourth-order valence-electron chi connectivity index (χ4n) is 2.22. The molecule has 0 saturated heterocycles. The van der Waals surface area contributed by atoms with Gasteiger partial charge in [-0.25, -0.2) is 4.39 Å². The van der Waals surface area contributed by atoms with Crippen molar-refractivity contribution in [2.75, 3.05) is 0 Å². The lowest BCUT2D eigenvalue weighted by Gasteiger charge is -2.21. The first-order valence-corrected chi connectivity index (χ1v) is 7.36. The largest absolute Gasteiger partial charge is 0.346 e. The Bertz CT molecular complexity index is 662. The highest BCUT2D eigenvalue weighted by molar-refractivity contribution is 5.94. The molecule has 0 aliphatic rings. The van der Waals surface area contributed by atoms with Crippen LogP contribution in [0.1, 0.15) is 42.4 Å². The molecule has 1 aromatic carbocycles. The maximum Gasteiger partial charge on any atom is 0.270 e. The van der Waals surface area contributed by atoms with Crippen LogP contribution < -0.4 is 5.32 Å². The second-order valence-corrected chi connectivity index (χ2v) is 6.35. The molecule has 0 aliphatic carbocycles. The lowest BCUT2D eigenvalue weighted by molar-refractivity contribution is 0.0913. The van der Waals surface area contributed by atoms with Crippen LogP contribution in [0.4, 0.5) is 4.39 Å². The summed E-state index contributed by atoms with van der Waals surface area (Å²) in [5, 5.41) is 2.92. The highest BCUT2D eigenvalue weighted by atomic mass is 19.1. The third-order valence-electron chi connectivity index (χ3n) is 3.17. The van der Waals surface area contributed by atoms with Gasteiger partial charge in [-0.15, -0.1) is 0 Å². The topological polar surface area (TPSA) is 42.0 Å². The summed E-state index contributed by atoms with van der Waals surface area (Å²) in [5.41, 5.74) is 1.91. The molecular weight excluding hydrogens is 279 g/mol. The van der Waals surface area contributed by atoms with E-state index < -0.39 is 0 Å². The van der Waals surface area contributed by atoms with E-state index in [2.05, 4.69) is 10.3 Å². The van der Waals surface area contributed by atoms with Crippen LogP contribution in [-0.2, 0) is 12.8 Å². The Kier molecular flexibility index (Phi) is 4.91. The van der Waals surface area contributed by atoms with Gasteiger partial charge in [0.1, 0.15) is 11.5 Å². The van der Waals surface area contributed by atoms with Gasteiger partial charge in [0.25, 0.3) is 5.91 Å². The van der Waals surface area contributed by atoms with Gasteiger partial charge < -0.3 is 5.32 Å². The van der Waals surface area contributed by atoms with Gasteiger partial charge in [-0.3, -0.25) is 9.78 Å². The SMILES string of the molecule is CC(C)(C)NC(=O)c1ncccc1CCc1cccc(F)c1. The molecule has 1 aromatic heterocycles. The smallest absolute Gasteiger partial charge is 0.270 e. The van der Waals surface area contributed by atoms with E-state index in [1.54, 1.807) is 12.3 Å². The summed E-state index contributed by atoms with van der Waals surface area (Å²) in [6, 6.07) is 10.2. The zero-order valence-corrected chi connectivity index (χ0v) is 13.2. The number of rotatable bonds is 4. The van der Waals surface area contributed by atoms with E-state index in [-0.39, 0.29) is 17.3 Å². The molecule has 3 nitrogen and oxygen atoms in total. The fourth-order valence-corrected chi connectivity index (χ4v) is 2.22. The van der Waals surface area contributed by atoms with Crippen molar-refractivity contribution in [3.8, 4) is 0 Å². The molecule has 1 heterocycles. The molecule has 1 N–H and O–H groups in total. The first-order valence-electron chi connectivity index (χ1n) is 7.36. The molecule has 1 amide bonds. The number of benzene rings is 1. The molecule has 4 heteroatoms. The van der Waals surface area contributed by atoms with E-state index in [0.29, 0.717) is 18.5 Å². The number of carbonyl (C=O) groups excluding carboxylic acids is 1. The van der Waals surface area contributed by atoms with Crippen molar-refractivity contribution in [1.82, 2.24) is 10.3 Å². The van der Waals surface area contributed by atoms with Gasteiger partial charge in [-0.05, 0) is 62.9 Å². The number of aryl methyl sites for hydroxylation is 2. The summed E-state index contributed by atoms with van der Waals surface area (Å²) >= 11 is 0. The number of nitrogens with zero attached hydrogens (tertiary/aromatic N) is 1. The Morgan fingerprint density at radius 2 is 1.95 bits per heavy atom. The number of nitrogens with one attached hydrogen (secondary N) is 1. The summed E-state index contributed by atoms with van der Waals surface area (Å²) < 4.78 is 13.2. The minimum absolute atomic E-state index is 0.178. The van der Waals surface area contributed by atoms with Crippen LogP contribution >= 0.6 is 0 Å². The van der Waals surface area contributed by atoms with E-state index in [1.807, 2.05) is 39.0 Å². The average Bonchev–Trinajstić information content (AvgIpc) is 2.44. The zero-order chi connectivity index (χ0) is 16.2. The standard InChI is InChI=1S/C18H21FN2O/c1-18(2,3)21-17(22)16-14(7-5-11-20-16)10-9-13-6-4-8-15(19)12-13/h4-8,11-12H,9-10H2,1-3H3,(H,21,22). The summed E-state index contributed by atoms with van der Waals surface area (Å²) in [5.74, 6) is -0.420. The number of amides is 1. The summed E-state index contributed by atoms with van der Waals surface area (Å²) in [6.07, 6.45) is 2.92. The Balaban J connectivity index is 2.13. The molecule has 0 fully saturated rings. The minimum atomic E-state index is -0.311. The monoisotopic (exact) mass is 300 g/mol. The highest BCUT2D eigenvalue weighted by Crippen LogP contribution is 2.13. The quantitative estimate of drug-likeness (QED) is 0.938. The Morgan fingerprint density at radius 3 is 2.64 bits per heavy atom. The molecular formula is C18H21FN2O. The van der Waals surface area contributed by atoms with Crippen molar-refractivity contribution in [1.29, 1.82) is 0 Å². The van der Waals surface area contributed by atoms with Crippen LogP contribution in [-0.4, -0.2) is 16.4 Å². The van der Waals surface area contributed by atoms with Crippen molar-refractivity contribution in [2.45, 2.75) is 39.2 Å². The second kappa shape index (κ2) is 6.69. The lowest BCUT2D eigenvalue weighted by Crippen LogP contribution is -2.41. The molecule has 0 atom stereocenters. The lowest BCUT2D eigenvalue weighted by atomic mass is 10.0. The van der Waals surface area contributed by atoms with E-state index in [9.17, 15) is 9.18 Å². The Hall–Kier alpha value is -2.23. The normalized spacial score (nSPS) is 11.3. The first kappa shape index (κ1) is 16.1. The molecule has 0 spiro atoms. The van der Waals surface area contributed by atoms with Crippen LogP contribution in [0.5, 0.6) is 0 Å². The summed E-state index contributed by atoms with van der Waals surface area (Å²) in [6.45, 7) is 5.79. The van der Waals surface area contributed by atoms with Gasteiger partial charge in [0.15, 0.2) is 0 Å². The molecule has 0 radical (unpaired) electrons. The number of pyridine rings is 1. The van der Waals surface area contributed by atoms with E-state index in [1.165, 1.54) is 12.1 Å². The van der Waals surface area contributed by atoms with Gasteiger partial charge in [-0.1, -0.05) is 18.2 Å². The molecule has 2 rings (SSSR count). The van der Waals surface area contributed by atoms with E-state index >= 15 is 0 Å². The van der Waals surface area contributed by atoms with Crippen molar-refractivity contribution in [2.24, 2.45) is 0 Å². The van der Waals surface area contributed by atoms with Crippen LogP contribution in [0.2, 0.25) is 0 Å². The molecule has 116 valence electrons. The van der Waals surface area contributed by atoms with E-state index in [4.69, 9.17) is 0 Å². The number of carbonyl (C=O) groups is 1. The number of aromatic nitrogens is 1. The predicted molar refractivity (Wildman–Crippen MR) is 85.3 cm³/mol. The van der Waals surface area contributed by atoms with Crippen LogP contribution in [0, 0.1) is 5.82 Å². The van der Waals surface area contributed by atoms with E-state index in [0.717, 1.165) is 11.1 Å². The molecule has 0 saturated carbocycles. The second-order valence-electron chi connectivity index (χ2n) is 6.35. The summed E-state index contributed by atoms with van der Waals surface area (Å²) in [4.78, 5) is 16.5. The third-order valence-corrected chi connectivity index (χ3v) is 3.17. The zero-order valence-electron chi connectivity index (χ0n) is 13.2. The minimum Gasteiger partial charge on any atom is -0.346 e. The van der Waals surface area contributed by atoms with Crippen molar-refractivity contribution < 1.29 is 9.18 Å². The Morgan fingerprint density at radius 1 is 1.18 bits per heavy atom. The molecule has 0 aliphatic heterocycles. The maximum atomic E-state index is 13.2. The first-order chi connectivity index (χ1) is 10.3. The summed E-state index contributed by atoms with van der Waals surface area (Å²) in [7, 11) is 0. The van der Waals surface area contributed by atoms with Crippen LogP contribution in [0.15, 0.2) is 42.6 Å². The predicted octanol–water partition coefficient (Wildman–Crippen LogP) is 3.53. The Labute approximate surface area is 130 Å². The van der Waals surface area contributed by atoms with Crippen molar-refractivity contribution in [3.63, 3.8) is 0 Å². The van der Waals surface area contributed by atoms with Gasteiger partial charge in [0.2, 0.25) is 0 Å². The maximum absolute atomic E-state index is 13.2. The highest BCUT2D eigenvalue weighted by Gasteiger charge is 2.18. The number of hydrogen-bond acceptors (Lipinski definition) is 2. The average molecular weight is 300 g/mol. The van der Waals surface area contributed by atoms with Gasteiger partial charge in [0.05, 0.1) is 0 Å². The van der Waals surface area contributed by atoms with Gasteiger partial charge >= 0.3 is 0 Å². The van der Waals surface area contributed by atoms with Crippen molar-refractivity contribution in [3.05, 3.63) is 65.2 Å². The van der Waals surface area contributed by atoms with Crippen molar-refractivity contribution >= 4 is 5.91 Å². The number of halogens is 1. The molecule has 0 unspecified atom stereocenters. The van der Waals surface area contributed by atoms with Gasteiger partial charge in [-0.2, -0.15) is 0 Å². The number of hydrogen-bond donors (Lipinski definition) is 1. The molecule has 2 aromatic rings. The molecule has 0 bridgehead atoms. The van der Waals surface area contributed by atoms with Crippen LogP contribution in [0.3, 0.4) is 0 Å². The third kappa shape index (κ3) is 4.65. The molecule has 22 heavy (non-hydrogen) atoms. The van der Waals surface area contributed by atoms with Gasteiger partial charge in [0, 0.05) is 11.7 Å².